The highest BCUT2D eigenvalue weighted by molar-refractivity contribution is 7.13. The number of amides is 4. The van der Waals surface area contributed by atoms with E-state index in [0.717, 1.165) is 63.2 Å². The van der Waals surface area contributed by atoms with Gasteiger partial charge in [0.1, 0.15) is 30.2 Å². The highest BCUT2D eigenvalue weighted by Gasteiger charge is 2.44. The van der Waals surface area contributed by atoms with E-state index in [1.807, 2.05) is 112 Å². The predicted octanol–water partition coefficient (Wildman–Crippen LogP) is 9.18. The van der Waals surface area contributed by atoms with Crippen LogP contribution in [0.4, 0.5) is 0 Å². The molecule has 2 heterocycles. The van der Waals surface area contributed by atoms with Crippen molar-refractivity contribution in [3.05, 3.63) is 137 Å². The Labute approximate surface area is 405 Å². The van der Waals surface area contributed by atoms with Gasteiger partial charge in [0.15, 0.2) is 0 Å². The second kappa shape index (κ2) is 24.1. The maximum Gasteiger partial charge on any atom is 0.246 e. The SMILES string of the molecule is CC/C(=C(\c1ccc(O)cc1)c1ccc(OCCN(C)C(=O)CCCCCCC(=O)N[C@H](C(=O)N2C[C@H](O)C[C@H]2C(=O)NCc2ccc(-c3scnc3C)cc2)C(C)(C)C)cc1)c1ccccc1. The number of carbonyl (C=O) groups is 4. The van der Waals surface area contributed by atoms with Gasteiger partial charge in [-0.2, -0.15) is 0 Å². The number of phenolic OH excluding ortho intramolecular Hbond substituents is 1. The minimum Gasteiger partial charge on any atom is -0.508 e. The lowest BCUT2D eigenvalue weighted by Gasteiger charge is -2.35. The van der Waals surface area contributed by atoms with Crippen LogP contribution in [0.1, 0.15) is 107 Å². The standard InChI is InChI=1S/C55H67N5O7S/c1-7-46(39-15-11-10-12-16-39)50(40-23-27-43(61)28-24-40)41-25-29-45(30-26-41)67-32-31-59(6)49(64)18-14-9-8-13-17-48(63)58-52(55(3,4)5)54(66)60-35-44(62)33-47(60)53(65)56-34-38-19-21-42(22-20-38)51-37(2)57-36-68-51/h10-12,15-16,19-30,36,44,47,52,61-62H,7-9,13-14,17-18,31-35H2,1-6H3,(H,56,65)(H,58,63)/b50-46-/t44-,47+,52-/m1/s1. The fourth-order valence-corrected chi connectivity index (χ4v) is 9.38. The Morgan fingerprint density at radius 2 is 1.51 bits per heavy atom. The summed E-state index contributed by atoms with van der Waals surface area (Å²) in [6.45, 7) is 10.8. The van der Waals surface area contributed by atoms with Crippen molar-refractivity contribution in [1.82, 2.24) is 25.4 Å². The molecule has 5 aromatic rings. The molecule has 360 valence electrons. The number of hydrogen-bond donors (Lipinski definition) is 4. The Morgan fingerprint density at radius 3 is 2.13 bits per heavy atom. The summed E-state index contributed by atoms with van der Waals surface area (Å²) in [5.74, 6) is -0.0465. The summed E-state index contributed by atoms with van der Waals surface area (Å²) in [7, 11) is 1.78. The Balaban J connectivity index is 0.904. The number of carbonyl (C=O) groups excluding carboxylic acids is 4. The molecular weight excluding hydrogens is 875 g/mol. The van der Waals surface area contributed by atoms with Gasteiger partial charge < -0.3 is 35.4 Å². The van der Waals surface area contributed by atoms with Gasteiger partial charge in [0.2, 0.25) is 23.6 Å². The highest BCUT2D eigenvalue weighted by atomic mass is 32.1. The van der Waals surface area contributed by atoms with Gasteiger partial charge in [0, 0.05) is 39.4 Å². The third-order valence-electron chi connectivity index (χ3n) is 12.5. The number of nitrogens with one attached hydrogen (secondary N) is 2. The number of hydrogen-bond acceptors (Lipinski definition) is 9. The van der Waals surface area contributed by atoms with Crippen LogP contribution in [0.3, 0.4) is 0 Å². The van der Waals surface area contributed by atoms with Crippen LogP contribution in [0, 0.1) is 12.3 Å². The minimum absolute atomic E-state index is 0.00921. The van der Waals surface area contributed by atoms with Crippen molar-refractivity contribution in [2.75, 3.05) is 26.7 Å². The molecule has 1 aliphatic heterocycles. The van der Waals surface area contributed by atoms with Crippen LogP contribution in [0.15, 0.2) is 109 Å². The number of likely N-dealkylation sites (tertiary alicyclic amines) is 1. The summed E-state index contributed by atoms with van der Waals surface area (Å²) in [5.41, 5.74) is 9.57. The third kappa shape index (κ3) is 13.9. The number of aryl methyl sites for hydroxylation is 1. The lowest BCUT2D eigenvalue weighted by Crippen LogP contribution is -2.57. The van der Waals surface area contributed by atoms with Crippen LogP contribution in [-0.4, -0.2) is 93.6 Å². The number of aromatic nitrogens is 1. The van der Waals surface area contributed by atoms with Crippen LogP contribution in [0.5, 0.6) is 11.5 Å². The summed E-state index contributed by atoms with van der Waals surface area (Å²) in [6, 6.07) is 31.7. The molecule has 12 nitrogen and oxygen atoms in total. The molecule has 4 aromatic carbocycles. The van der Waals surface area contributed by atoms with Gasteiger partial charge in [-0.15, -0.1) is 11.3 Å². The third-order valence-corrected chi connectivity index (χ3v) is 13.4. The van der Waals surface area contributed by atoms with Gasteiger partial charge in [-0.1, -0.05) is 119 Å². The number of phenols is 1. The van der Waals surface area contributed by atoms with E-state index in [0.29, 0.717) is 38.2 Å². The Morgan fingerprint density at radius 1 is 0.868 bits per heavy atom. The maximum absolute atomic E-state index is 14.0. The fraction of sp³-hybridized carbons (Fsp3) is 0.400. The fourth-order valence-electron chi connectivity index (χ4n) is 8.57. The minimum atomic E-state index is -0.893. The van der Waals surface area contributed by atoms with E-state index >= 15 is 0 Å². The van der Waals surface area contributed by atoms with Crippen LogP contribution < -0.4 is 15.4 Å². The molecule has 0 saturated carbocycles. The van der Waals surface area contributed by atoms with Crippen LogP contribution >= 0.6 is 11.3 Å². The largest absolute Gasteiger partial charge is 0.508 e. The molecule has 0 aliphatic carbocycles. The first kappa shape index (κ1) is 51.1. The van der Waals surface area contributed by atoms with Crippen LogP contribution in [0.2, 0.25) is 0 Å². The molecule has 4 amide bonds. The molecule has 1 fully saturated rings. The average Bonchev–Trinajstić information content (AvgIpc) is 3.95. The van der Waals surface area contributed by atoms with E-state index < -0.39 is 29.5 Å². The van der Waals surface area contributed by atoms with Crippen molar-refractivity contribution in [1.29, 1.82) is 0 Å². The van der Waals surface area contributed by atoms with Gasteiger partial charge in [-0.25, -0.2) is 4.98 Å². The summed E-state index contributed by atoms with van der Waals surface area (Å²) < 4.78 is 6.05. The summed E-state index contributed by atoms with van der Waals surface area (Å²) >= 11 is 1.58. The predicted molar refractivity (Wildman–Crippen MR) is 270 cm³/mol. The second-order valence-electron chi connectivity index (χ2n) is 18.7. The van der Waals surface area contributed by atoms with E-state index in [-0.39, 0.29) is 49.4 Å². The van der Waals surface area contributed by atoms with Gasteiger partial charge >= 0.3 is 0 Å². The zero-order valence-electron chi connectivity index (χ0n) is 40.3. The topological polar surface area (TPSA) is 161 Å². The molecule has 6 rings (SSSR count). The molecule has 1 saturated heterocycles. The van der Waals surface area contributed by atoms with Crippen molar-refractivity contribution in [2.24, 2.45) is 5.41 Å². The molecule has 0 spiro atoms. The number of unbranched alkanes of at least 4 members (excludes halogenated alkanes) is 3. The lowest BCUT2D eigenvalue weighted by molar-refractivity contribution is -0.144. The zero-order valence-corrected chi connectivity index (χ0v) is 41.1. The first-order chi connectivity index (χ1) is 32.6. The number of aromatic hydroxyl groups is 1. The second-order valence-corrected chi connectivity index (χ2v) is 19.5. The molecule has 1 aliphatic rings. The molecular formula is C55H67N5O7S. The van der Waals surface area contributed by atoms with E-state index in [4.69, 9.17) is 4.74 Å². The number of aliphatic hydroxyl groups excluding tert-OH is 1. The van der Waals surface area contributed by atoms with Gasteiger partial charge in [-0.3, -0.25) is 19.2 Å². The van der Waals surface area contributed by atoms with Crippen molar-refractivity contribution in [3.8, 4) is 21.9 Å². The highest BCUT2D eigenvalue weighted by Crippen LogP contribution is 2.36. The molecule has 0 radical (unpaired) electrons. The van der Waals surface area contributed by atoms with Crippen LogP contribution in [-0.2, 0) is 25.7 Å². The van der Waals surface area contributed by atoms with E-state index in [1.165, 1.54) is 10.5 Å². The van der Waals surface area contributed by atoms with Gasteiger partial charge in [0.25, 0.3) is 0 Å². The van der Waals surface area contributed by atoms with Gasteiger partial charge in [-0.05, 0) is 94.8 Å². The number of allylic oxidation sites excluding steroid dienone is 1. The zero-order chi connectivity index (χ0) is 48.8. The van der Waals surface area contributed by atoms with Crippen molar-refractivity contribution in [3.63, 3.8) is 0 Å². The van der Waals surface area contributed by atoms with E-state index in [9.17, 15) is 29.4 Å². The summed E-state index contributed by atoms with van der Waals surface area (Å²) in [5, 5.41) is 26.4. The number of ether oxygens (including phenoxy) is 1. The molecule has 1 aromatic heterocycles. The van der Waals surface area contributed by atoms with Gasteiger partial charge in [0.05, 0.1) is 28.7 Å². The molecule has 0 unspecified atom stereocenters. The maximum atomic E-state index is 14.0. The monoisotopic (exact) mass is 941 g/mol. The van der Waals surface area contributed by atoms with Crippen molar-refractivity contribution in [2.45, 2.75) is 111 Å². The quantitative estimate of drug-likeness (QED) is 0.0419. The molecule has 3 atom stereocenters. The summed E-state index contributed by atoms with van der Waals surface area (Å²) in [4.78, 5) is 62.2. The Hall–Kier alpha value is -6.31. The molecule has 13 heteroatoms. The number of nitrogens with zero attached hydrogens (tertiary/aromatic N) is 3. The first-order valence-corrected chi connectivity index (χ1v) is 24.6. The molecule has 68 heavy (non-hydrogen) atoms. The van der Waals surface area contributed by atoms with Crippen LogP contribution in [0.25, 0.3) is 21.6 Å². The van der Waals surface area contributed by atoms with Crippen molar-refractivity contribution >= 4 is 46.1 Å². The molecule has 0 bridgehead atoms. The smallest absolute Gasteiger partial charge is 0.246 e. The van der Waals surface area contributed by atoms with Crippen molar-refractivity contribution < 1.29 is 34.1 Å². The number of rotatable bonds is 21. The Bertz CT molecular complexity index is 2480. The number of β-amino-alcohol motifs (C(OH)–C–C–N with tert-alkyl or cyclic N) is 1. The number of thiazole rings is 1. The normalized spacial score (nSPS) is 15.6. The molecule has 4 N–H and O–H groups in total. The van der Waals surface area contributed by atoms with E-state index in [1.54, 1.807) is 35.4 Å². The average molecular weight is 942 g/mol. The first-order valence-electron chi connectivity index (χ1n) is 23.7. The lowest BCUT2D eigenvalue weighted by atomic mass is 9.85. The number of benzene rings is 4. The van der Waals surface area contributed by atoms with E-state index in [2.05, 4.69) is 34.7 Å². The Kier molecular flexibility index (Phi) is 18.1. The summed E-state index contributed by atoms with van der Waals surface area (Å²) in [6.07, 6.45) is 3.52. The number of aliphatic hydroxyl groups is 1. The number of likely N-dealkylation sites (N-methyl/N-ethyl adjacent to an activating group) is 1.